The zero-order chi connectivity index (χ0) is 13.3. The van der Waals surface area contributed by atoms with Crippen molar-refractivity contribution in [2.75, 3.05) is 6.54 Å². The van der Waals surface area contributed by atoms with Gasteiger partial charge in [0.1, 0.15) is 11.4 Å². The fourth-order valence-corrected chi connectivity index (χ4v) is 2.74. The van der Waals surface area contributed by atoms with Crippen LogP contribution in [-0.2, 0) is 6.42 Å². The van der Waals surface area contributed by atoms with Crippen LogP contribution < -0.4 is 10.5 Å². The maximum atomic E-state index is 8.42. The van der Waals surface area contributed by atoms with Gasteiger partial charge in [0.25, 0.3) is 0 Å². The lowest BCUT2D eigenvalue weighted by molar-refractivity contribution is 0.124. The van der Waals surface area contributed by atoms with Gasteiger partial charge in [0.15, 0.2) is 0 Å². The predicted octanol–water partition coefficient (Wildman–Crippen LogP) is 3.47. The largest absolute Gasteiger partial charge is 0.486 e. The van der Waals surface area contributed by atoms with Gasteiger partial charge in [-0.25, -0.2) is 0 Å². The summed E-state index contributed by atoms with van der Waals surface area (Å²) in [6.45, 7) is 4.18. The van der Waals surface area contributed by atoms with Crippen LogP contribution in [0, 0.1) is 0 Å². The van der Waals surface area contributed by atoms with E-state index in [1.807, 2.05) is 26.0 Å². The molecule has 1 aromatic rings. The monoisotopic (exact) mass is 310 g/mol. The number of hydrogen-bond acceptors (Lipinski definition) is 3. The SMILES string of the molecule is CC(N)c1cc(Br)cc2c1OC(C)(CN=[N+]=[N-])C2. The van der Waals surface area contributed by atoms with Crippen molar-refractivity contribution in [3.63, 3.8) is 0 Å². The van der Waals surface area contributed by atoms with Crippen LogP contribution in [0.2, 0.25) is 0 Å². The summed E-state index contributed by atoms with van der Waals surface area (Å²) >= 11 is 3.48. The molecule has 1 aliphatic heterocycles. The molecule has 0 fully saturated rings. The number of nitrogens with two attached hydrogens (primary N) is 1. The second-order valence-electron chi connectivity index (χ2n) is 4.89. The van der Waals surface area contributed by atoms with E-state index in [4.69, 9.17) is 16.0 Å². The van der Waals surface area contributed by atoms with Crippen molar-refractivity contribution in [2.45, 2.75) is 31.9 Å². The molecule has 1 aliphatic rings. The number of ether oxygens (including phenoxy) is 1. The summed E-state index contributed by atoms with van der Waals surface area (Å²) in [5.41, 5.74) is 16.0. The zero-order valence-corrected chi connectivity index (χ0v) is 11.9. The topological polar surface area (TPSA) is 84.0 Å². The number of benzene rings is 1. The molecule has 1 aromatic carbocycles. The minimum absolute atomic E-state index is 0.0990. The smallest absolute Gasteiger partial charge is 0.128 e. The molecule has 5 nitrogen and oxygen atoms in total. The maximum absolute atomic E-state index is 8.42. The molecule has 0 amide bonds. The lowest BCUT2D eigenvalue weighted by atomic mass is 9.97. The Morgan fingerprint density at radius 2 is 2.39 bits per heavy atom. The summed E-state index contributed by atoms with van der Waals surface area (Å²) in [6, 6.07) is 3.91. The number of nitrogens with zero attached hydrogens (tertiary/aromatic N) is 3. The molecule has 0 spiro atoms. The first-order chi connectivity index (χ1) is 8.45. The lowest BCUT2D eigenvalue weighted by Crippen LogP contribution is -2.33. The summed E-state index contributed by atoms with van der Waals surface area (Å²) in [4.78, 5) is 2.79. The molecule has 2 rings (SSSR count). The van der Waals surface area contributed by atoms with Crippen LogP contribution in [0.3, 0.4) is 0 Å². The molecule has 0 aromatic heterocycles. The quantitative estimate of drug-likeness (QED) is 0.526. The molecule has 96 valence electrons. The summed E-state index contributed by atoms with van der Waals surface area (Å²) in [7, 11) is 0. The normalized spacial score (nSPS) is 22.9. The Labute approximate surface area is 114 Å². The highest BCUT2D eigenvalue weighted by atomic mass is 79.9. The van der Waals surface area contributed by atoms with Crippen molar-refractivity contribution in [3.8, 4) is 5.75 Å². The van der Waals surface area contributed by atoms with Gasteiger partial charge in [-0.1, -0.05) is 21.0 Å². The molecular formula is C12H15BrN4O. The Bertz CT molecular complexity index is 525. The first-order valence-electron chi connectivity index (χ1n) is 5.73. The number of azide groups is 1. The lowest BCUT2D eigenvalue weighted by Gasteiger charge is -2.22. The van der Waals surface area contributed by atoms with Gasteiger partial charge in [-0.2, -0.15) is 0 Å². The van der Waals surface area contributed by atoms with Crippen LogP contribution in [-0.4, -0.2) is 12.1 Å². The molecule has 18 heavy (non-hydrogen) atoms. The highest BCUT2D eigenvalue weighted by molar-refractivity contribution is 9.10. The Hall–Kier alpha value is -1.23. The van der Waals surface area contributed by atoms with Gasteiger partial charge in [0.05, 0.1) is 6.54 Å². The van der Waals surface area contributed by atoms with Crippen LogP contribution in [0.25, 0.3) is 10.4 Å². The molecule has 1 heterocycles. The third-order valence-corrected chi connectivity index (χ3v) is 3.49. The molecule has 0 saturated carbocycles. The number of fused-ring (bicyclic) bond motifs is 1. The van der Waals surface area contributed by atoms with E-state index in [1.54, 1.807) is 0 Å². The molecular weight excluding hydrogens is 296 g/mol. The van der Waals surface area contributed by atoms with Gasteiger partial charge >= 0.3 is 0 Å². The van der Waals surface area contributed by atoms with E-state index in [2.05, 4.69) is 26.0 Å². The van der Waals surface area contributed by atoms with Gasteiger partial charge in [0.2, 0.25) is 0 Å². The van der Waals surface area contributed by atoms with Crippen LogP contribution in [0.15, 0.2) is 21.7 Å². The first kappa shape index (κ1) is 13.2. The second-order valence-corrected chi connectivity index (χ2v) is 5.81. The van der Waals surface area contributed by atoms with Crippen molar-refractivity contribution in [1.29, 1.82) is 0 Å². The van der Waals surface area contributed by atoms with E-state index in [0.717, 1.165) is 27.8 Å². The van der Waals surface area contributed by atoms with Crippen molar-refractivity contribution in [3.05, 3.63) is 38.2 Å². The van der Waals surface area contributed by atoms with Gasteiger partial charge in [-0.05, 0) is 37.1 Å². The second kappa shape index (κ2) is 4.80. The Morgan fingerprint density at radius 3 is 3.00 bits per heavy atom. The Kier molecular flexibility index (Phi) is 3.52. The van der Waals surface area contributed by atoms with Crippen molar-refractivity contribution in [1.82, 2.24) is 0 Å². The molecule has 2 N–H and O–H groups in total. The number of hydrogen-bond donors (Lipinski definition) is 1. The van der Waals surface area contributed by atoms with Gasteiger partial charge in [-0.15, -0.1) is 0 Å². The zero-order valence-electron chi connectivity index (χ0n) is 10.4. The summed E-state index contributed by atoms with van der Waals surface area (Å²) in [5.74, 6) is 0.837. The average Bonchev–Trinajstić information content (AvgIpc) is 2.62. The highest BCUT2D eigenvalue weighted by Crippen LogP contribution is 2.41. The third-order valence-electron chi connectivity index (χ3n) is 3.03. The summed E-state index contributed by atoms with van der Waals surface area (Å²) < 4.78 is 6.97. The fraction of sp³-hybridized carbons (Fsp3) is 0.500. The number of halogens is 1. The van der Waals surface area contributed by atoms with E-state index in [1.165, 1.54) is 0 Å². The third kappa shape index (κ3) is 2.46. The molecule has 0 aliphatic carbocycles. The van der Waals surface area contributed by atoms with Crippen LogP contribution in [0.1, 0.15) is 31.0 Å². The molecule has 0 bridgehead atoms. The average molecular weight is 311 g/mol. The molecule has 0 radical (unpaired) electrons. The van der Waals surface area contributed by atoms with Crippen LogP contribution >= 0.6 is 15.9 Å². The minimum Gasteiger partial charge on any atom is -0.486 e. The Balaban J connectivity index is 2.39. The molecule has 2 atom stereocenters. The van der Waals surface area contributed by atoms with Crippen molar-refractivity contribution < 1.29 is 4.74 Å². The van der Waals surface area contributed by atoms with Gasteiger partial charge in [0, 0.05) is 27.4 Å². The Morgan fingerprint density at radius 1 is 1.67 bits per heavy atom. The van der Waals surface area contributed by atoms with E-state index < -0.39 is 5.60 Å². The first-order valence-corrected chi connectivity index (χ1v) is 6.52. The van der Waals surface area contributed by atoms with E-state index in [0.29, 0.717) is 6.54 Å². The number of rotatable bonds is 3. The highest BCUT2D eigenvalue weighted by Gasteiger charge is 2.36. The van der Waals surface area contributed by atoms with Crippen LogP contribution in [0.5, 0.6) is 5.75 Å². The maximum Gasteiger partial charge on any atom is 0.128 e. The predicted molar refractivity (Wildman–Crippen MR) is 73.5 cm³/mol. The van der Waals surface area contributed by atoms with E-state index in [9.17, 15) is 0 Å². The van der Waals surface area contributed by atoms with Crippen LogP contribution in [0.4, 0.5) is 0 Å². The minimum atomic E-state index is -0.473. The summed E-state index contributed by atoms with van der Waals surface area (Å²) in [6.07, 6.45) is 0.723. The molecule has 2 unspecified atom stereocenters. The van der Waals surface area contributed by atoms with E-state index in [-0.39, 0.29) is 6.04 Å². The van der Waals surface area contributed by atoms with Crippen molar-refractivity contribution in [2.24, 2.45) is 10.8 Å². The van der Waals surface area contributed by atoms with E-state index >= 15 is 0 Å². The molecule has 0 saturated heterocycles. The standard InChI is InChI=1S/C12H15BrN4O/c1-7(14)10-4-9(13)3-8-5-12(2,6-16-17-15)18-11(8)10/h3-4,7H,5-6,14H2,1-2H3. The summed E-state index contributed by atoms with van der Waals surface area (Å²) in [5, 5.41) is 3.62. The van der Waals surface area contributed by atoms with Gasteiger partial charge in [-0.3, -0.25) is 0 Å². The van der Waals surface area contributed by atoms with Gasteiger partial charge < -0.3 is 10.5 Å². The van der Waals surface area contributed by atoms with Crippen molar-refractivity contribution >= 4 is 15.9 Å². The fourth-order valence-electron chi connectivity index (χ4n) is 2.22. The molecule has 6 heteroatoms.